The Balaban J connectivity index is 1.77. The van der Waals surface area contributed by atoms with Crippen LogP contribution in [0.1, 0.15) is 18.1 Å². The Morgan fingerprint density at radius 2 is 1.92 bits per heavy atom. The van der Waals surface area contributed by atoms with E-state index in [0.29, 0.717) is 29.6 Å². The third-order valence-corrected chi connectivity index (χ3v) is 4.73. The van der Waals surface area contributed by atoms with Crippen LogP contribution in [0.3, 0.4) is 0 Å². The van der Waals surface area contributed by atoms with Crippen molar-refractivity contribution in [1.82, 2.24) is 9.88 Å². The highest BCUT2D eigenvalue weighted by molar-refractivity contribution is 8.18. The Hall–Kier alpha value is -2.80. The number of hydrogen-bond donors (Lipinski definition) is 0. The van der Waals surface area contributed by atoms with E-state index in [0.717, 1.165) is 22.9 Å². The average Bonchev–Trinajstić information content (AvgIpc) is 2.94. The molecule has 1 aromatic carbocycles. The average molecular weight is 370 g/mol. The summed E-state index contributed by atoms with van der Waals surface area (Å²) in [6, 6.07) is 9.15. The zero-order valence-corrected chi connectivity index (χ0v) is 15.3. The third-order valence-electron chi connectivity index (χ3n) is 3.82. The van der Waals surface area contributed by atoms with Gasteiger partial charge in [-0.25, -0.2) is 0 Å². The highest BCUT2D eigenvalue weighted by atomic mass is 32.2. The number of methoxy groups -OCH3 is 1. The number of thioether (sulfide) groups is 1. The maximum absolute atomic E-state index is 12.2. The number of likely N-dealkylation sites (N-methyl/N-ethyl adjacent to an activating group) is 1. The lowest BCUT2D eigenvalue weighted by atomic mass is 10.2. The molecular formula is C19H18N2O4S. The van der Waals surface area contributed by atoms with Gasteiger partial charge in [0, 0.05) is 18.9 Å². The van der Waals surface area contributed by atoms with Gasteiger partial charge in [0.1, 0.15) is 6.61 Å². The summed E-state index contributed by atoms with van der Waals surface area (Å²) in [5.41, 5.74) is 1.76. The van der Waals surface area contributed by atoms with E-state index >= 15 is 0 Å². The van der Waals surface area contributed by atoms with Crippen LogP contribution in [0.2, 0.25) is 0 Å². The zero-order valence-electron chi connectivity index (χ0n) is 14.5. The van der Waals surface area contributed by atoms with Crippen LogP contribution in [-0.2, 0) is 11.4 Å². The highest BCUT2D eigenvalue weighted by Gasteiger charge is 2.33. The Labute approximate surface area is 155 Å². The van der Waals surface area contributed by atoms with Crippen molar-refractivity contribution in [3.05, 3.63) is 58.8 Å². The number of carbonyl (C=O) groups is 2. The molecule has 6 nitrogen and oxygen atoms in total. The molecule has 0 spiro atoms. The molecule has 0 unspecified atom stereocenters. The van der Waals surface area contributed by atoms with E-state index in [2.05, 4.69) is 4.98 Å². The van der Waals surface area contributed by atoms with Gasteiger partial charge in [0.15, 0.2) is 11.5 Å². The normalized spacial score (nSPS) is 15.6. The lowest BCUT2D eigenvalue weighted by molar-refractivity contribution is -0.122. The molecule has 0 aliphatic carbocycles. The van der Waals surface area contributed by atoms with Crippen molar-refractivity contribution < 1.29 is 19.1 Å². The molecule has 7 heteroatoms. The standard InChI is InChI=1S/C19H18N2O4S/c1-3-21-18(22)17(26-19(21)23)11-14-4-5-15(16(10-14)24-2)25-12-13-6-8-20-9-7-13/h4-11H,3,12H2,1-2H3/b17-11+. The molecule has 0 radical (unpaired) electrons. The van der Waals surface area contributed by atoms with Crippen LogP contribution < -0.4 is 9.47 Å². The van der Waals surface area contributed by atoms with E-state index in [-0.39, 0.29) is 11.1 Å². The van der Waals surface area contributed by atoms with Crippen LogP contribution in [0.15, 0.2) is 47.6 Å². The van der Waals surface area contributed by atoms with Crippen LogP contribution in [-0.4, -0.2) is 34.7 Å². The van der Waals surface area contributed by atoms with Gasteiger partial charge in [0.05, 0.1) is 12.0 Å². The molecule has 0 saturated carbocycles. The molecule has 2 heterocycles. The number of amides is 2. The minimum atomic E-state index is -0.264. The molecule has 0 bridgehead atoms. The minimum absolute atomic E-state index is 0.243. The first-order valence-electron chi connectivity index (χ1n) is 8.07. The molecule has 1 aromatic heterocycles. The predicted molar refractivity (Wildman–Crippen MR) is 99.9 cm³/mol. The first-order valence-corrected chi connectivity index (χ1v) is 8.89. The van der Waals surface area contributed by atoms with Gasteiger partial charge in [-0.05, 0) is 60.2 Å². The maximum atomic E-state index is 12.2. The second-order valence-electron chi connectivity index (χ2n) is 5.48. The van der Waals surface area contributed by atoms with E-state index in [9.17, 15) is 9.59 Å². The fourth-order valence-electron chi connectivity index (χ4n) is 2.46. The number of ether oxygens (including phenoxy) is 2. The number of hydrogen-bond acceptors (Lipinski definition) is 6. The van der Waals surface area contributed by atoms with Crippen LogP contribution >= 0.6 is 11.8 Å². The summed E-state index contributed by atoms with van der Waals surface area (Å²) in [6.45, 7) is 2.54. The fraction of sp³-hybridized carbons (Fsp3) is 0.211. The molecule has 134 valence electrons. The number of pyridine rings is 1. The van der Waals surface area contributed by atoms with E-state index in [1.54, 1.807) is 44.6 Å². The number of rotatable bonds is 6. The van der Waals surface area contributed by atoms with Crippen LogP contribution in [0.4, 0.5) is 4.79 Å². The predicted octanol–water partition coefficient (Wildman–Crippen LogP) is 3.73. The number of aromatic nitrogens is 1. The largest absolute Gasteiger partial charge is 0.493 e. The second-order valence-corrected chi connectivity index (χ2v) is 6.47. The van der Waals surface area contributed by atoms with E-state index in [1.807, 2.05) is 18.2 Å². The first-order chi connectivity index (χ1) is 12.6. The SMILES string of the molecule is CCN1C(=O)S/C(=C/c2ccc(OCc3ccncc3)c(OC)c2)C1=O. The van der Waals surface area contributed by atoms with Crippen molar-refractivity contribution in [2.24, 2.45) is 0 Å². The van der Waals surface area contributed by atoms with Gasteiger partial charge in [-0.1, -0.05) is 6.07 Å². The van der Waals surface area contributed by atoms with Crippen LogP contribution in [0.25, 0.3) is 6.08 Å². The lowest BCUT2D eigenvalue weighted by Crippen LogP contribution is -2.27. The minimum Gasteiger partial charge on any atom is -0.493 e. The van der Waals surface area contributed by atoms with Crippen LogP contribution in [0.5, 0.6) is 11.5 Å². The Morgan fingerprint density at radius 1 is 1.15 bits per heavy atom. The number of benzene rings is 1. The van der Waals surface area contributed by atoms with Gasteiger partial charge < -0.3 is 9.47 Å². The molecule has 3 rings (SSSR count). The van der Waals surface area contributed by atoms with Crippen molar-refractivity contribution in [2.45, 2.75) is 13.5 Å². The van der Waals surface area contributed by atoms with Crippen LogP contribution in [0, 0.1) is 0 Å². The first kappa shape index (κ1) is 18.0. The molecule has 0 N–H and O–H groups in total. The summed E-state index contributed by atoms with van der Waals surface area (Å²) < 4.78 is 11.2. The molecule has 1 aliphatic rings. The molecule has 2 aromatic rings. The molecule has 1 aliphatic heterocycles. The Kier molecular flexibility index (Phi) is 5.58. The lowest BCUT2D eigenvalue weighted by Gasteiger charge is -2.11. The summed E-state index contributed by atoms with van der Waals surface area (Å²) in [6.07, 6.45) is 5.11. The zero-order chi connectivity index (χ0) is 18.5. The Morgan fingerprint density at radius 3 is 2.58 bits per heavy atom. The summed E-state index contributed by atoms with van der Waals surface area (Å²) in [7, 11) is 1.56. The van der Waals surface area contributed by atoms with Crippen molar-refractivity contribution in [2.75, 3.05) is 13.7 Å². The quantitative estimate of drug-likeness (QED) is 0.722. The van der Waals surface area contributed by atoms with Crippen molar-refractivity contribution >= 4 is 29.0 Å². The van der Waals surface area contributed by atoms with E-state index in [1.165, 1.54) is 4.90 Å². The maximum Gasteiger partial charge on any atom is 0.293 e. The van der Waals surface area contributed by atoms with Gasteiger partial charge in [0.25, 0.3) is 11.1 Å². The van der Waals surface area contributed by atoms with E-state index < -0.39 is 0 Å². The van der Waals surface area contributed by atoms with Crippen molar-refractivity contribution in [3.63, 3.8) is 0 Å². The monoisotopic (exact) mass is 370 g/mol. The second kappa shape index (κ2) is 8.05. The van der Waals surface area contributed by atoms with E-state index in [4.69, 9.17) is 9.47 Å². The number of nitrogens with zero attached hydrogens (tertiary/aromatic N) is 2. The molecule has 1 saturated heterocycles. The fourth-order valence-corrected chi connectivity index (χ4v) is 3.36. The van der Waals surface area contributed by atoms with Gasteiger partial charge >= 0.3 is 0 Å². The smallest absolute Gasteiger partial charge is 0.293 e. The summed E-state index contributed by atoms with van der Waals surface area (Å²) in [4.78, 5) is 29.6. The number of carbonyl (C=O) groups excluding carboxylic acids is 2. The van der Waals surface area contributed by atoms with Gasteiger partial charge in [-0.2, -0.15) is 0 Å². The number of imide groups is 1. The summed E-state index contributed by atoms with van der Waals surface area (Å²) >= 11 is 0.947. The highest BCUT2D eigenvalue weighted by Crippen LogP contribution is 2.34. The topological polar surface area (TPSA) is 68.7 Å². The summed E-state index contributed by atoms with van der Waals surface area (Å²) in [5, 5.41) is -0.243. The van der Waals surface area contributed by atoms with Gasteiger partial charge in [0.2, 0.25) is 0 Å². The molecule has 26 heavy (non-hydrogen) atoms. The molecule has 2 amide bonds. The molecule has 0 atom stereocenters. The van der Waals surface area contributed by atoms with Gasteiger partial charge in [-0.15, -0.1) is 0 Å². The molecular weight excluding hydrogens is 352 g/mol. The third kappa shape index (κ3) is 3.88. The summed E-state index contributed by atoms with van der Waals surface area (Å²) in [5.74, 6) is 0.894. The van der Waals surface area contributed by atoms with Crippen molar-refractivity contribution in [3.8, 4) is 11.5 Å². The Bertz CT molecular complexity index is 852. The van der Waals surface area contributed by atoms with Crippen molar-refractivity contribution in [1.29, 1.82) is 0 Å². The van der Waals surface area contributed by atoms with Gasteiger partial charge in [-0.3, -0.25) is 19.5 Å². The molecule has 1 fully saturated rings.